The summed E-state index contributed by atoms with van der Waals surface area (Å²) in [4.78, 5) is 23.9. The lowest BCUT2D eigenvalue weighted by atomic mass is 10.2. The summed E-state index contributed by atoms with van der Waals surface area (Å²) in [5.74, 6) is -0.866. The number of amides is 2. The molecule has 0 saturated heterocycles. The van der Waals surface area contributed by atoms with Gasteiger partial charge in [-0.05, 0) is 54.1 Å². The summed E-state index contributed by atoms with van der Waals surface area (Å²) in [6.45, 7) is 0.220. The Labute approximate surface area is 205 Å². The lowest BCUT2D eigenvalue weighted by Crippen LogP contribution is -2.32. The maximum atomic E-state index is 11.9. The number of nitrogens with zero attached hydrogens (tertiary/aromatic N) is 1. The van der Waals surface area contributed by atoms with Crippen LogP contribution >= 0.6 is 34.8 Å². The predicted molar refractivity (Wildman–Crippen MR) is 130 cm³/mol. The monoisotopic (exact) mass is 505 g/mol. The number of halogens is 3. The molecule has 0 heterocycles. The fourth-order valence-electron chi connectivity index (χ4n) is 2.65. The van der Waals surface area contributed by atoms with Crippen molar-refractivity contribution in [3.8, 4) is 11.5 Å². The Balaban J connectivity index is 1.58. The number of carbonyl (C=O) groups is 2. The number of ether oxygens (including phenoxy) is 2. The number of hydrazone groups is 1. The van der Waals surface area contributed by atoms with Gasteiger partial charge < -0.3 is 14.8 Å². The first-order chi connectivity index (χ1) is 15.9. The molecule has 170 valence electrons. The number of hydrogen-bond acceptors (Lipinski definition) is 5. The SMILES string of the molecule is COc1cc(C=NNC(=O)C(=O)Nc2cccc(Cl)c2)ccc1OCc1ccc(Cl)cc1Cl. The molecular formula is C23H18Cl3N3O4. The minimum Gasteiger partial charge on any atom is -0.493 e. The molecule has 3 aromatic carbocycles. The van der Waals surface area contributed by atoms with Crippen LogP contribution in [-0.2, 0) is 16.2 Å². The molecule has 0 aromatic heterocycles. The number of anilines is 1. The number of carbonyl (C=O) groups excluding carboxylic acids is 2. The molecule has 0 radical (unpaired) electrons. The van der Waals surface area contributed by atoms with Crippen LogP contribution in [0, 0.1) is 0 Å². The largest absolute Gasteiger partial charge is 0.493 e. The van der Waals surface area contributed by atoms with Gasteiger partial charge in [0.2, 0.25) is 0 Å². The first kappa shape index (κ1) is 24.4. The highest BCUT2D eigenvalue weighted by molar-refractivity contribution is 6.40. The lowest BCUT2D eigenvalue weighted by molar-refractivity contribution is -0.136. The third kappa shape index (κ3) is 7.12. The Morgan fingerprint density at radius 3 is 2.45 bits per heavy atom. The van der Waals surface area contributed by atoms with Crippen molar-refractivity contribution in [2.24, 2.45) is 5.10 Å². The summed E-state index contributed by atoms with van der Waals surface area (Å²) in [7, 11) is 1.50. The summed E-state index contributed by atoms with van der Waals surface area (Å²) in [5.41, 5.74) is 3.94. The number of rotatable bonds is 7. The third-order valence-electron chi connectivity index (χ3n) is 4.25. The van der Waals surface area contributed by atoms with Crippen LogP contribution < -0.4 is 20.2 Å². The van der Waals surface area contributed by atoms with E-state index in [1.54, 1.807) is 54.6 Å². The van der Waals surface area contributed by atoms with E-state index >= 15 is 0 Å². The molecule has 0 aliphatic heterocycles. The first-order valence-electron chi connectivity index (χ1n) is 9.50. The minimum atomic E-state index is -0.932. The normalized spacial score (nSPS) is 10.7. The van der Waals surface area contributed by atoms with E-state index in [1.807, 2.05) is 0 Å². The number of methoxy groups -OCH3 is 1. The van der Waals surface area contributed by atoms with Gasteiger partial charge in [0.25, 0.3) is 0 Å². The standard InChI is InChI=1S/C23H18Cl3N3O4/c1-32-21-9-14(5-8-20(21)33-13-15-6-7-17(25)11-19(15)26)12-27-29-23(31)22(30)28-18-4-2-3-16(24)10-18/h2-12H,13H2,1H3,(H,28,30)(H,29,31). The minimum absolute atomic E-state index is 0.220. The van der Waals surface area contributed by atoms with Gasteiger partial charge in [0.1, 0.15) is 6.61 Å². The van der Waals surface area contributed by atoms with Gasteiger partial charge >= 0.3 is 11.8 Å². The molecule has 3 aromatic rings. The molecule has 0 aliphatic rings. The lowest BCUT2D eigenvalue weighted by Gasteiger charge is -2.12. The molecule has 0 atom stereocenters. The maximum Gasteiger partial charge on any atom is 0.329 e. The first-order valence-corrected chi connectivity index (χ1v) is 10.6. The predicted octanol–water partition coefficient (Wildman–Crippen LogP) is 5.32. The van der Waals surface area contributed by atoms with E-state index in [0.717, 1.165) is 5.56 Å². The Bertz CT molecular complexity index is 1200. The van der Waals surface area contributed by atoms with E-state index in [-0.39, 0.29) is 6.61 Å². The molecule has 0 spiro atoms. The smallest absolute Gasteiger partial charge is 0.329 e. The quantitative estimate of drug-likeness (QED) is 0.258. The molecule has 2 amide bonds. The maximum absolute atomic E-state index is 11.9. The van der Waals surface area contributed by atoms with E-state index in [4.69, 9.17) is 44.3 Å². The average Bonchev–Trinajstić information content (AvgIpc) is 2.78. The molecule has 0 saturated carbocycles. The highest BCUT2D eigenvalue weighted by Crippen LogP contribution is 2.29. The second-order valence-corrected chi connectivity index (χ2v) is 7.88. The Morgan fingerprint density at radius 2 is 1.73 bits per heavy atom. The van der Waals surface area contributed by atoms with Gasteiger partial charge in [-0.1, -0.05) is 46.9 Å². The Kier molecular flexibility index (Phi) is 8.54. The molecule has 0 bridgehead atoms. The van der Waals surface area contributed by atoms with E-state index in [0.29, 0.717) is 37.8 Å². The second-order valence-electron chi connectivity index (χ2n) is 6.60. The molecule has 3 rings (SSSR count). The number of benzene rings is 3. The van der Waals surface area contributed by atoms with Crippen molar-refractivity contribution in [3.05, 3.63) is 86.9 Å². The molecule has 10 heteroatoms. The number of hydrogen-bond donors (Lipinski definition) is 2. The van der Waals surface area contributed by atoms with Gasteiger partial charge in [0.05, 0.1) is 13.3 Å². The van der Waals surface area contributed by atoms with Gasteiger partial charge in [-0.3, -0.25) is 9.59 Å². The fourth-order valence-corrected chi connectivity index (χ4v) is 3.30. The average molecular weight is 507 g/mol. The fraction of sp³-hybridized carbons (Fsp3) is 0.0870. The van der Waals surface area contributed by atoms with Crippen LogP contribution in [0.4, 0.5) is 5.69 Å². The molecule has 33 heavy (non-hydrogen) atoms. The molecule has 0 aliphatic carbocycles. The Hall–Kier alpha value is -3.26. The highest BCUT2D eigenvalue weighted by atomic mass is 35.5. The van der Waals surface area contributed by atoms with Crippen molar-refractivity contribution in [2.75, 3.05) is 12.4 Å². The van der Waals surface area contributed by atoms with Crippen LogP contribution in [0.5, 0.6) is 11.5 Å². The van der Waals surface area contributed by atoms with Crippen molar-refractivity contribution in [3.63, 3.8) is 0 Å². The van der Waals surface area contributed by atoms with Gasteiger partial charge in [0, 0.05) is 26.3 Å². The van der Waals surface area contributed by atoms with Crippen LogP contribution in [0.15, 0.2) is 65.8 Å². The summed E-state index contributed by atoms with van der Waals surface area (Å²) < 4.78 is 11.2. The van der Waals surface area contributed by atoms with E-state index < -0.39 is 11.8 Å². The van der Waals surface area contributed by atoms with Gasteiger partial charge in [-0.25, -0.2) is 5.43 Å². The van der Waals surface area contributed by atoms with Crippen molar-refractivity contribution >= 4 is 58.5 Å². The highest BCUT2D eigenvalue weighted by Gasteiger charge is 2.13. The van der Waals surface area contributed by atoms with Crippen LogP contribution in [0.2, 0.25) is 15.1 Å². The van der Waals surface area contributed by atoms with E-state index in [9.17, 15) is 9.59 Å². The van der Waals surface area contributed by atoms with Crippen molar-refractivity contribution in [1.29, 1.82) is 0 Å². The van der Waals surface area contributed by atoms with E-state index in [2.05, 4.69) is 15.8 Å². The topological polar surface area (TPSA) is 89.0 Å². The van der Waals surface area contributed by atoms with Crippen LogP contribution in [0.3, 0.4) is 0 Å². The van der Waals surface area contributed by atoms with Gasteiger partial charge in [-0.15, -0.1) is 0 Å². The zero-order valence-electron chi connectivity index (χ0n) is 17.3. The zero-order valence-corrected chi connectivity index (χ0v) is 19.5. The summed E-state index contributed by atoms with van der Waals surface area (Å²) in [6, 6.07) is 16.7. The summed E-state index contributed by atoms with van der Waals surface area (Å²) in [6.07, 6.45) is 1.37. The summed E-state index contributed by atoms with van der Waals surface area (Å²) in [5, 5.41) is 7.71. The van der Waals surface area contributed by atoms with Crippen LogP contribution in [0.25, 0.3) is 0 Å². The van der Waals surface area contributed by atoms with Crippen molar-refractivity contribution in [2.45, 2.75) is 6.61 Å². The molecule has 0 fully saturated rings. The zero-order chi connectivity index (χ0) is 23.8. The van der Waals surface area contributed by atoms with Crippen LogP contribution in [0.1, 0.15) is 11.1 Å². The van der Waals surface area contributed by atoms with Crippen LogP contribution in [-0.4, -0.2) is 25.1 Å². The van der Waals surface area contributed by atoms with Gasteiger partial charge in [0.15, 0.2) is 11.5 Å². The van der Waals surface area contributed by atoms with E-state index in [1.165, 1.54) is 19.4 Å². The molecular weight excluding hydrogens is 489 g/mol. The van der Waals surface area contributed by atoms with Crippen molar-refractivity contribution in [1.82, 2.24) is 5.43 Å². The Morgan fingerprint density at radius 1 is 0.939 bits per heavy atom. The number of nitrogens with one attached hydrogen (secondary N) is 2. The summed E-state index contributed by atoms with van der Waals surface area (Å²) >= 11 is 17.9. The third-order valence-corrected chi connectivity index (χ3v) is 5.08. The van der Waals surface area contributed by atoms with Gasteiger partial charge in [-0.2, -0.15) is 5.10 Å². The molecule has 2 N–H and O–H groups in total. The molecule has 7 nitrogen and oxygen atoms in total. The molecule has 0 unspecified atom stereocenters. The van der Waals surface area contributed by atoms with Crippen molar-refractivity contribution < 1.29 is 19.1 Å². The second kappa shape index (κ2) is 11.6.